The molecule has 0 saturated carbocycles. The Morgan fingerprint density at radius 3 is 2.80 bits per heavy atom. The van der Waals surface area contributed by atoms with E-state index >= 15 is 0 Å². The summed E-state index contributed by atoms with van der Waals surface area (Å²) in [6.45, 7) is 1.28. The highest BCUT2D eigenvalue weighted by atomic mass is 16.5. The third-order valence-corrected chi connectivity index (χ3v) is 2.84. The van der Waals surface area contributed by atoms with Gasteiger partial charge < -0.3 is 20.2 Å². The number of benzene rings is 1. The van der Waals surface area contributed by atoms with Gasteiger partial charge in [-0.15, -0.1) is 0 Å². The molecule has 1 amide bonds. The lowest BCUT2D eigenvalue weighted by atomic mass is 10.1. The Balaban J connectivity index is 1.94. The molecule has 0 unspecified atom stereocenters. The van der Waals surface area contributed by atoms with Gasteiger partial charge in [-0.05, 0) is 23.3 Å². The number of ether oxygens (including phenoxy) is 1. The summed E-state index contributed by atoms with van der Waals surface area (Å²) in [4.78, 5) is 11.9. The Morgan fingerprint density at radius 1 is 1.30 bits per heavy atom. The minimum Gasteiger partial charge on any atom is -0.455 e. The van der Waals surface area contributed by atoms with Gasteiger partial charge in [-0.25, -0.2) is 0 Å². The van der Waals surface area contributed by atoms with Crippen LogP contribution in [0, 0.1) is 0 Å². The first kappa shape index (κ1) is 14.3. The van der Waals surface area contributed by atoms with Crippen molar-refractivity contribution in [2.24, 2.45) is 5.73 Å². The summed E-state index contributed by atoms with van der Waals surface area (Å²) >= 11 is 0. The second kappa shape index (κ2) is 6.88. The molecule has 1 aromatic carbocycles. The van der Waals surface area contributed by atoms with Gasteiger partial charge in [0.25, 0.3) is 5.91 Å². The fourth-order valence-corrected chi connectivity index (χ4v) is 1.88. The Bertz CT molecular complexity index is 578. The summed E-state index contributed by atoms with van der Waals surface area (Å²) in [6, 6.07) is 11.2. The highest BCUT2D eigenvalue weighted by molar-refractivity contribution is 5.91. The van der Waals surface area contributed by atoms with E-state index in [0.717, 1.165) is 11.1 Å². The summed E-state index contributed by atoms with van der Waals surface area (Å²) in [6.07, 6.45) is 0. The zero-order valence-electron chi connectivity index (χ0n) is 11.4. The molecule has 5 heteroatoms. The molecule has 1 heterocycles. The van der Waals surface area contributed by atoms with Gasteiger partial charge in [0, 0.05) is 13.7 Å². The van der Waals surface area contributed by atoms with Gasteiger partial charge in [-0.2, -0.15) is 0 Å². The number of methoxy groups -OCH3 is 1. The van der Waals surface area contributed by atoms with E-state index in [1.54, 1.807) is 19.2 Å². The Hall–Kier alpha value is -2.11. The summed E-state index contributed by atoms with van der Waals surface area (Å²) in [5.41, 5.74) is 7.52. The van der Waals surface area contributed by atoms with Crippen LogP contribution in [0.4, 0.5) is 0 Å². The molecule has 2 rings (SSSR count). The predicted octanol–water partition coefficient (Wildman–Crippen LogP) is 1.81. The molecule has 20 heavy (non-hydrogen) atoms. The molecule has 0 saturated heterocycles. The van der Waals surface area contributed by atoms with E-state index in [0.29, 0.717) is 18.9 Å². The quantitative estimate of drug-likeness (QED) is 0.842. The standard InChI is InChI=1S/C15H18N2O3/c1-19-10-12-4-2-3-11(7-12)9-17-15(18)14-6-5-13(8-16)20-14/h2-7H,8-10,16H2,1H3,(H,17,18). The number of nitrogens with one attached hydrogen (secondary N) is 1. The molecule has 0 atom stereocenters. The first-order valence-corrected chi connectivity index (χ1v) is 6.36. The second-order valence-corrected chi connectivity index (χ2v) is 4.41. The maximum Gasteiger partial charge on any atom is 0.287 e. The van der Waals surface area contributed by atoms with Gasteiger partial charge in [0.2, 0.25) is 0 Å². The zero-order chi connectivity index (χ0) is 14.4. The Labute approximate surface area is 117 Å². The molecule has 106 valence electrons. The van der Waals surface area contributed by atoms with Crippen LogP contribution < -0.4 is 11.1 Å². The van der Waals surface area contributed by atoms with Crippen LogP contribution in [0.2, 0.25) is 0 Å². The minimum atomic E-state index is -0.248. The van der Waals surface area contributed by atoms with Gasteiger partial charge in [-0.1, -0.05) is 24.3 Å². The van der Waals surface area contributed by atoms with E-state index in [1.165, 1.54) is 0 Å². The van der Waals surface area contributed by atoms with Gasteiger partial charge >= 0.3 is 0 Å². The van der Waals surface area contributed by atoms with Crippen LogP contribution in [-0.4, -0.2) is 13.0 Å². The number of hydrogen-bond acceptors (Lipinski definition) is 4. The van der Waals surface area contributed by atoms with E-state index < -0.39 is 0 Å². The van der Waals surface area contributed by atoms with E-state index in [9.17, 15) is 4.79 Å². The Morgan fingerprint density at radius 2 is 2.10 bits per heavy atom. The molecule has 0 bridgehead atoms. The molecule has 1 aromatic heterocycles. The molecule has 0 aliphatic rings. The van der Waals surface area contributed by atoms with E-state index in [4.69, 9.17) is 14.9 Å². The fraction of sp³-hybridized carbons (Fsp3) is 0.267. The van der Waals surface area contributed by atoms with Gasteiger partial charge in [0.15, 0.2) is 5.76 Å². The normalized spacial score (nSPS) is 10.5. The first-order chi connectivity index (χ1) is 9.72. The van der Waals surface area contributed by atoms with Crippen LogP contribution in [0.25, 0.3) is 0 Å². The monoisotopic (exact) mass is 274 g/mol. The number of rotatable bonds is 6. The van der Waals surface area contributed by atoms with Crippen molar-refractivity contribution in [3.8, 4) is 0 Å². The number of carbonyl (C=O) groups excluding carboxylic acids is 1. The summed E-state index contributed by atoms with van der Waals surface area (Å²) in [5.74, 6) is 0.623. The predicted molar refractivity (Wildman–Crippen MR) is 74.9 cm³/mol. The van der Waals surface area contributed by atoms with E-state index in [1.807, 2.05) is 24.3 Å². The number of amides is 1. The number of carbonyl (C=O) groups is 1. The van der Waals surface area contributed by atoms with Crippen molar-refractivity contribution in [3.05, 3.63) is 59.0 Å². The Kier molecular flexibility index (Phi) is 4.92. The summed E-state index contributed by atoms with van der Waals surface area (Å²) in [5, 5.41) is 2.81. The van der Waals surface area contributed by atoms with Gasteiger partial charge in [-0.3, -0.25) is 4.79 Å². The smallest absolute Gasteiger partial charge is 0.287 e. The van der Waals surface area contributed by atoms with Crippen molar-refractivity contribution in [3.63, 3.8) is 0 Å². The van der Waals surface area contributed by atoms with Crippen molar-refractivity contribution in [1.82, 2.24) is 5.32 Å². The average molecular weight is 274 g/mol. The molecule has 0 aliphatic heterocycles. The van der Waals surface area contributed by atoms with Crippen LogP contribution in [0.1, 0.15) is 27.4 Å². The molecule has 0 fully saturated rings. The SMILES string of the molecule is COCc1cccc(CNC(=O)c2ccc(CN)o2)c1. The lowest BCUT2D eigenvalue weighted by Crippen LogP contribution is -2.22. The number of hydrogen-bond donors (Lipinski definition) is 2. The molecular weight excluding hydrogens is 256 g/mol. The van der Waals surface area contributed by atoms with Crippen molar-refractivity contribution in [1.29, 1.82) is 0 Å². The molecule has 2 aromatic rings. The second-order valence-electron chi connectivity index (χ2n) is 4.41. The maximum absolute atomic E-state index is 11.9. The van der Waals surface area contributed by atoms with Crippen LogP contribution in [-0.2, 0) is 24.4 Å². The molecular formula is C15H18N2O3. The molecule has 0 spiro atoms. The van der Waals surface area contributed by atoms with Crippen LogP contribution in [0.15, 0.2) is 40.8 Å². The zero-order valence-corrected chi connectivity index (χ0v) is 11.4. The van der Waals surface area contributed by atoms with Crippen LogP contribution >= 0.6 is 0 Å². The minimum absolute atomic E-state index is 0.248. The topological polar surface area (TPSA) is 77.5 Å². The summed E-state index contributed by atoms with van der Waals surface area (Å²) in [7, 11) is 1.65. The lowest BCUT2D eigenvalue weighted by molar-refractivity contribution is 0.0921. The van der Waals surface area contributed by atoms with Crippen molar-refractivity contribution in [2.75, 3.05) is 7.11 Å². The fourth-order valence-electron chi connectivity index (χ4n) is 1.88. The average Bonchev–Trinajstić information content (AvgIpc) is 2.94. The van der Waals surface area contributed by atoms with Gasteiger partial charge in [0.05, 0.1) is 13.2 Å². The third-order valence-electron chi connectivity index (χ3n) is 2.84. The van der Waals surface area contributed by atoms with E-state index in [-0.39, 0.29) is 18.2 Å². The molecule has 0 aliphatic carbocycles. The van der Waals surface area contributed by atoms with Crippen molar-refractivity contribution < 1.29 is 13.9 Å². The summed E-state index contributed by atoms with van der Waals surface area (Å²) < 4.78 is 10.4. The van der Waals surface area contributed by atoms with Crippen LogP contribution in [0.5, 0.6) is 0 Å². The van der Waals surface area contributed by atoms with Crippen molar-refractivity contribution >= 4 is 5.91 Å². The van der Waals surface area contributed by atoms with Crippen LogP contribution in [0.3, 0.4) is 0 Å². The molecule has 5 nitrogen and oxygen atoms in total. The largest absolute Gasteiger partial charge is 0.455 e. The first-order valence-electron chi connectivity index (χ1n) is 6.36. The van der Waals surface area contributed by atoms with E-state index in [2.05, 4.69) is 5.32 Å². The highest BCUT2D eigenvalue weighted by Gasteiger charge is 2.10. The lowest BCUT2D eigenvalue weighted by Gasteiger charge is -2.06. The van der Waals surface area contributed by atoms with Gasteiger partial charge in [0.1, 0.15) is 5.76 Å². The third kappa shape index (κ3) is 3.69. The maximum atomic E-state index is 11.9. The molecule has 3 N–H and O–H groups in total. The number of furan rings is 1. The molecule has 0 radical (unpaired) electrons. The highest BCUT2D eigenvalue weighted by Crippen LogP contribution is 2.09. The van der Waals surface area contributed by atoms with Crippen molar-refractivity contribution in [2.45, 2.75) is 19.7 Å². The number of nitrogens with two attached hydrogens (primary N) is 1.